The first-order valence-corrected chi connectivity index (χ1v) is 29.5. The molecule has 0 aliphatic heterocycles. The average Bonchev–Trinajstić information content (AvgIpc) is 3.33. The van der Waals surface area contributed by atoms with E-state index in [1.165, 1.54) is 161 Å². The molecule has 0 fully saturated rings. The number of carbonyl (C=O) groups excluding carboxylic acids is 2. The number of carbonyl (C=O) groups is 2. The summed E-state index contributed by atoms with van der Waals surface area (Å²) in [5, 5.41) is 23.9. The Balaban J connectivity index is 4.57. The van der Waals surface area contributed by atoms with Crippen molar-refractivity contribution in [3.8, 4) is 0 Å². The molecule has 396 valence electrons. The Bertz CT molecular complexity index is 1210. The minimum atomic E-state index is -0.794. The van der Waals surface area contributed by atoms with E-state index in [0.717, 1.165) is 89.9 Å². The normalized spacial score (nSPS) is 13.5. The van der Waals surface area contributed by atoms with E-state index in [1.54, 1.807) is 0 Å². The van der Waals surface area contributed by atoms with Crippen LogP contribution < -0.4 is 5.32 Å². The largest absolute Gasteiger partial charge is 0.462 e. The van der Waals surface area contributed by atoms with Gasteiger partial charge in [0, 0.05) is 6.42 Å². The number of ether oxygens (including phenoxy) is 1. The molecule has 0 spiro atoms. The van der Waals surface area contributed by atoms with Crippen molar-refractivity contribution in [2.75, 3.05) is 6.61 Å². The molecular weight excluding hydrogens is 839 g/mol. The molecule has 6 heteroatoms. The number of hydrogen-bond donors (Lipinski definition) is 3. The highest BCUT2D eigenvalue weighted by Gasteiger charge is 2.24. The summed E-state index contributed by atoms with van der Waals surface area (Å²) in [6.45, 7) is 6.40. The van der Waals surface area contributed by atoms with Crippen molar-refractivity contribution in [2.45, 2.75) is 315 Å². The van der Waals surface area contributed by atoms with E-state index in [2.05, 4.69) is 86.8 Å². The van der Waals surface area contributed by atoms with Crippen molar-refractivity contribution >= 4 is 11.9 Å². The molecule has 3 unspecified atom stereocenters. The highest BCUT2D eigenvalue weighted by molar-refractivity contribution is 5.77. The number of rotatable bonds is 53. The standard InChI is InChI=1S/C62H113NO5/c1-4-7-10-13-16-19-22-25-28-30-31-32-34-37-40-43-46-49-52-55-62(67)68-58(53-50-47-44-41-38-35-27-24-21-18-15-12-9-6-3)56-61(66)63-59(57-64)60(65)54-51-48-45-42-39-36-33-29-26-23-20-17-14-11-8-5-2/h7,10,16,19,25,28,31-32,37,40,58-60,64-65H,4-6,8-9,11-15,17-18,20-24,26-27,29-30,33-36,38-39,41-57H2,1-3H3,(H,63,66)/b10-7-,19-16-,28-25-,32-31-,40-37-. The molecule has 3 N–H and O–H groups in total. The fourth-order valence-corrected chi connectivity index (χ4v) is 8.93. The molecule has 1 amide bonds. The maximum absolute atomic E-state index is 13.3. The second kappa shape index (κ2) is 55.5. The van der Waals surface area contributed by atoms with E-state index >= 15 is 0 Å². The summed E-state index contributed by atoms with van der Waals surface area (Å²) in [7, 11) is 0. The summed E-state index contributed by atoms with van der Waals surface area (Å²) in [4.78, 5) is 26.3. The number of esters is 1. The van der Waals surface area contributed by atoms with E-state index in [0.29, 0.717) is 19.3 Å². The molecule has 0 saturated heterocycles. The number of allylic oxidation sites excluding steroid dienone is 10. The van der Waals surface area contributed by atoms with E-state index in [9.17, 15) is 19.8 Å². The van der Waals surface area contributed by atoms with Crippen LogP contribution in [0.2, 0.25) is 0 Å². The lowest BCUT2D eigenvalue weighted by molar-refractivity contribution is -0.151. The molecule has 0 bridgehead atoms. The van der Waals surface area contributed by atoms with Crippen molar-refractivity contribution < 1.29 is 24.5 Å². The second-order valence-electron chi connectivity index (χ2n) is 20.0. The Hall–Kier alpha value is -2.44. The third-order valence-electron chi connectivity index (χ3n) is 13.4. The smallest absolute Gasteiger partial charge is 0.306 e. The van der Waals surface area contributed by atoms with Gasteiger partial charge in [-0.3, -0.25) is 9.59 Å². The van der Waals surface area contributed by atoms with E-state index in [1.807, 2.05) is 0 Å². The summed E-state index contributed by atoms with van der Waals surface area (Å²) in [6.07, 6.45) is 70.0. The Labute approximate surface area is 422 Å². The molecule has 0 aromatic rings. The summed E-state index contributed by atoms with van der Waals surface area (Å²) < 4.78 is 5.95. The van der Waals surface area contributed by atoms with Crippen LogP contribution in [-0.4, -0.2) is 46.9 Å². The quantitative estimate of drug-likeness (QED) is 0.0321. The predicted molar refractivity (Wildman–Crippen MR) is 296 cm³/mol. The first-order valence-electron chi connectivity index (χ1n) is 29.5. The van der Waals surface area contributed by atoms with Crippen LogP contribution in [0.1, 0.15) is 297 Å². The highest BCUT2D eigenvalue weighted by atomic mass is 16.5. The fourth-order valence-electron chi connectivity index (χ4n) is 8.93. The summed E-state index contributed by atoms with van der Waals surface area (Å²) >= 11 is 0. The van der Waals surface area contributed by atoms with Gasteiger partial charge in [0.1, 0.15) is 6.10 Å². The van der Waals surface area contributed by atoms with Crippen molar-refractivity contribution in [3.05, 3.63) is 60.8 Å². The number of amides is 1. The topological polar surface area (TPSA) is 95.9 Å². The molecule has 3 atom stereocenters. The van der Waals surface area contributed by atoms with E-state index in [4.69, 9.17) is 4.74 Å². The van der Waals surface area contributed by atoms with Gasteiger partial charge in [0.05, 0.1) is 25.2 Å². The zero-order valence-corrected chi connectivity index (χ0v) is 45.2. The van der Waals surface area contributed by atoms with E-state index in [-0.39, 0.29) is 24.9 Å². The van der Waals surface area contributed by atoms with Crippen LogP contribution >= 0.6 is 0 Å². The van der Waals surface area contributed by atoms with Crippen molar-refractivity contribution in [1.29, 1.82) is 0 Å². The number of nitrogens with one attached hydrogen (secondary N) is 1. The van der Waals surface area contributed by atoms with Crippen molar-refractivity contribution in [2.24, 2.45) is 0 Å². The van der Waals surface area contributed by atoms with Crippen LogP contribution in [0.3, 0.4) is 0 Å². The van der Waals surface area contributed by atoms with Crippen molar-refractivity contribution in [3.63, 3.8) is 0 Å². The van der Waals surface area contributed by atoms with Gasteiger partial charge < -0.3 is 20.3 Å². The lowest BCUT2D eigenvalue weighted by atomic mass is 10.0. The molecule has 0 radical (unpaired) electrons. The molecule has 0 aliphatic carbocycles. The van der Waals surface area contributed by atoms with Crippen LogP contribution in [0.5, 0.6) is 0 Å². The maximum Gasteiger partial charge on any atom is 0.306 e. The van der Waals surface area contributed by atoms with Crippen LogP contribution in [0.15, 0.2) is 60.8 Å². The van der Waals surface area contributed by atoms with Crippen LogP contribution in [0.25, 0.3) is 0 Å². The zero-order chi connectivity index (χ0) is 49.5. The first kappa shape index (κ1) is 65.6. The lowest BCUT2D eigenvalue weighted by Crippen LogP contribution is -2.46. The Morgan fingerprint density at radius 3 is 1.19 bits per heavy atom. The van der Waals surface area contributed by atoms with Gasteiger partial charge in [0.2, 0.25) is 5.91 Å². The third kappa shape index (κ3) is 50.0. The zero-order valence-electron chi connectivity index (χ0n) is 45.2. The number of hydrogen-bond acceptors (Lipinski definition) is 5. The minimum Gasteiger partial charge on any atom is -0.462 e. The van der Waals surface area contributed by atoms with Gasteiger partial charge >= 0.3 is 5.97 Å². The number of aliphatic hydroxyl groups excluding tert-OH is 2. The molecule has 0 aromatic heterocycles. The summed E-state index contributed by atoms with van der Waals surface area (Å²) in [6, 6.07) is -0.709. The molecule has 0 heterocycles. The van der Waals surface area contributed by atoms with Gasteiger partial charge in [-0.2, -0.15) is 0 Å². The maximum atomic E-state index is 13.3. The molecule has 68 heavy (non-hydrogen) atoms. The molecule has 0 aliphatic rings. The van der Waals surface area contributed by atoms with Gasteiger partial charge in [-0.15, -0.1) is 0 Å². The van der Waals surface area contributed by atoms with Crippen LogP contribution in [0, 0.1) is 0 Å². The lowest BCUT2D eigenvalue weighted by Gasteiger charge is -2.24. The van der Waals surface area contributed by atoms with Crippen molar-refractivity contribution in [1.82, 2.24) is 5.32 Å². The van der Waals surface area contributed by atoms with Crippen LogP contribution in [-0.2, 0) is 14.3 Å². The van der Waals surface area contributed by atoms with Gasteiger partial charge in [-0.05, 0) is 70.6 Å². The third-order valence-corrected chi connectivity index (χ3v) is 13.4. The minimum absolute atomic E-state index is 0.0660. The SMILES string of the molecule is CC/C=C\C/C=C\C/C=C\C/C=C\C/C=C\CCCCCC(=O)OC(CCCCCCCCCCCCCCCC)CC(=O)NC(CO)C(O)CCCCCCCCCCCCCCCCCC. The summed E-state index contributed by atoms with van der Waals surface area (Å²) in [5.41, 5.74) is 0. The summed E-state index contributed by atoms with van der Waals surface area (Å²) in [5.74, 6) is -0.499. The molecule has 0 aromatic carbocycles. The van der Waals surface area contributed by atoms with E-state index < -0.39 is 18.2 Å². The second-order valence-corrected chi connectivity index (χ2v) is 20.0. The molecule has 0 rings (SSSR count). The molecular formula is C62H113NO5. The monoisotopic (exact) mass is 952 g/mol. The van der Waals surface area contributed by atoms with Gasteiger partial charge in [-0.25, -0.2) is 0 Å². The van der Waals surface area contributed by atoms with Gasteiger partial charge in [0.25, 0.3) is 0 Å². The Morgan fingerprint density at radius 2 is 0.794 bits per heavy atom. The highest BCUT2D eigenvalue weighted by Crippen LogP contribution is 2.19. The number of aliphatic hydroxyl groups is 2. The van der Waals surface area contributed by atoms with Gasteiger partial charge in [0.15, 0.2) is 0 Å². The number of unbranched alkanes of at least 4 members (excludes halogenated alkanes) is 31. The first-order chi connectivity index (χ1) is 33.5. The molecule has 0 saturated carbocycles. The predicted octanol–water partition coefficient (Wildman–Crippen LogP) is 18.4. The Kier molecular flexibility index (Phi) is 53.5. The fraction of sp³-hybridized carbons (Fsp3) is 0.806. The molecule has 6 nitrogen and oxygen atoms in total. The average molecular weight is 953 g/mol. The Morgan fingerprint density at radius 1 is 0.441 bits per heavy atom. The van der Waals surface area contributed by atoms with Crippen LogP contribution in [0.4, 0.5) is 0 Å². The van der Waals surface area contributed by atoms with Gasteiger partial charge in [-0.1, -0.05) is 274 Å².